The van der Waals surface area contributed by atoms with Crippen molar-refractivity contribution in [1.82, 2.24) is 5.01 Å². The average molecular weight is 330 g/mol. The van der Waals surface area contributed by atoms with Gasteiger partial charge in [-0.1, -0.05) is 18.2 Å². The van der Waals surface area contributed by atoms with Crippen LogP contribution in [0.3, 0.4) is 0 Å². The molecule has 128 valence electrons. The van der Waals surface area contributed by atoms with Crippen LogP contribution in [0, 0.1) is 0 Å². The van der Waals surface area contributed by atoms with Crippen LogP contribution in [0.4, 0.5) is 0 Å². The molecule has 1 aliphatic heterocycles. The molecule has 0 spiro atoms. The molecule has 2 rings (SSSR count). The molecule has 0 radical (unpaired) electrons. The largest absolute Gasteiger partial charge is 0.494 e. The van der Waals surface area contributed by atoms with Crippen LogP contribution in [0.5, 0.6) is 5.75 Å². The third-order valence-electron chi connectivity index (χ3n) is 3.38. The first-order valence-electron chi connectivity index (χ1n) is 8.06. The van der Waals surface area contributed by atoms with E-state index in [9.17, 15) is 9.59 Å². The fourth-order valence-electron chi connectivity index (χ4n) is 2.23. The van der Waals surface area contributed by atoms with Crippen LogP contribution in [-0.4, -0.2) is 42.4 Å². The Balaban J connectivity index is 2.01. The molecule has 0 fully saturated rings. The Morgan fingerprint density at radius 3 is 2.58 bits per heavy atom. The molecule has 0 aromatic heterocycles. The maximum Gasteiger partial charge on any atom is 0.327 e. The van der Waals surface area contributed by atoms with Crippen molar-refractivity contribution in [3.63, 3.8) is 0 Å². The summed E-state index contributed by atoms with van der Waals surface area (Å²) in [5.41, 5.74) is 1.77. The summed E-state index contributed by atoms with van der Waals surface area (Å²) >= 11 is 0. The number of rotatable bonds is 7. The molecule has 0 saturated heterocycles. The molecule has 0 bridgehead atoms. The van der Waals surface area contributed by atoms with Gasteiger partial charge in [0, 0.05) is 12.8 Å². The van der Waals surface area contributed by atoms with Gasteiger partial charge in [0.05, 0.1) is 18.9 Å². The predicted octanol–water partition coefficient (Wildman–Crippen LogP) is 2.64. The second kappa shape index (κ2) is 8.86. The Bertz CT molecular complexity index is 635. The van der Waals surface area contributed by atoms with Gasteiger partial charge in [-0.05, 0) is 37.6 Å². The first kappa shape index (κ1) is 17.7. The predicted molar refractivity (Wildman–Crippen MR) is 91.7 cm³/mol. The lowest BCUT2D eigenvalue weighted by atomic mass is 10.1. The van der Waals surface area contributed by atoms with Crippen molar-refractivity contribution in [3.8, 4) is 5.75 Å². The van der Waals surface area contributed by atoms with Gasteiger partial charge >= 0.3 is 5.97 Å². The summed E-state index contributed by atoms with van der Waals surface area (Å²) in [5.74, 6) is 0.212. The van der Waals surface area contributed by atoms with Crippen molar-refractivity contribution in [2.45, 2.75) is 26.7 Å². The molecule has 1 aromatic carbocycles. The van der Waals surface area contributed by atoms with Crippen LogP contribution in [0.1, 0.15) is 32.3 Å². The standard InChI is InChI=1S/C18H22N2O4/c1-3-23-16-10-6-14(7-11-16)5-8-15-9-12-17(21)20(19-15)13-18(22)24-4-2/h5-8,10-11H,3-4,9,12-13H2,1-2H3/b8-5+. The normalized spacial score (nSPS) is 14.7. The van der Waals surface area contributed by atoms with E-state index in [1.165, 1.54) is 5.01 Å². The fourth-order valence-corrected chi connectivity index (χ4v) is 2.23. The van der Waals surface area contributed by atoms with Crippen LogP contribution >= 0.6 is 0 Å². The highest BCUT2D eigenvalue weighted by atomic mass is 16.5. The minimum Gasteiger partial charge on any atom is -0.494 e. The number of esters is 1. The first-order valence-corrected chi connectivity index (χ1v) is 8.06. The van der Waals surface area contributed by atoms with E-state index in [2.05, 4.69) is 5.10 Å². The average Bonchev–Trinajstić information content (AvgIpc) is 2.57. The van der Waals surface area contributed by atoms with Gasteiger partial charge < -0.3 is 9.47 Å². The van der Waals surface area contributed by atoms with Gasteiger partial charge in [-0.25, -0.2) is 5.01 Å². The van der Waals surface area contributed by atoms with Gasteiger partial charge in [-0.15, -0.1) is 0 Å². The summed E-state index contributed by atoms with van der Waals surface area (Å²) in [6.45, 7) is 4.45. The SMILES string of the molecule is CCOC(=O)CN1N=C(/C=C/c2ccc(OCC)cc2)CCC1=O. The lowest BCUT2D eigenvalue weighted by Crippen LogP contribution is -2.36. The van der Waals surface area contributed by atoms with Gasteiger partial charge in [-0.3, -0.25) is 9.59 Å². The molecular weight excluding hydrogens is 308 g/mol. The van der Waals surface area contributed by atoms with Gasteiger partial charge in [0.15, 0.2) is 0 Å². The number of benzene rings is 1. The van der Waals surface area contributed by atoms with Gasteiger partial charge in [0.25, 0.3) is 0 Å². The number of amides is 1. The van der Waals surface area contributed by atoms with Crippen LogP contribution < -0.4 is 4.74 Å². The molecule has 0 atom stereocenters. The molecule has 1 amide bonds. The molecular formula is C18H22N2O4. The van der Waals surface area contributed by atoms with E-state index in [0.717, 1.165) is 17.0 Å². The smallest absolute Gasteiger partial charge is 0.327 e. The van der Waals surface area contributed by atoms with Crippen LogP contribution in [-0.2, 0) is 14.3 Å². The van der Waals surface area contributed by atoms with E-state index in [1.54, 1.807) is 6.92 Å². The number of nitrogens with zero attached hydrogens (tertiary/aromatic N) is 2. The Kier molecular flexibility index (Phi) is 6.54. The van der Waals surface area contributed by atoms with Crippen molar-refractivity contribution >= 4 is 23.7 Å². The zero-order chi connectivity index (χ0) is 17.4. The van der Waals surface area contributed by atoms with Crippen molar-refractivity contribution in [3.05, 3.63) is 35.9 Å². The van der Waals surface area contributed by atoms with Crippen molar-refractivity contribution in [2.24, 2.45) is 5.10 Å². The molecule has 0 aliphatic carbocycles. The monoisotopic (exact) mass is 330 g/mol. The van der Waals surface area contributed by atoms with Gasteiger partial charge in [-0.2, -0.15) is 5.10 Å². The lowest BCUT2D eigenvalue weighted by Gasteiger charge is -2.21. The molecule has 6 nitrogen and oxygen atoms in total. The zero-order valence-corrected chi connectivity index (χ0v) is 14.0. The second-order valence-electron chi connectivity index (χ2n) is 5.18. The topological polar surface area (TPSA) is 68.2 Å². The maximum absolute atomic E-state index is 11.8. The van der Waals surface area contributed by atoms with E-state index in [1.807, 2.05) is 43.3 Å². The zero-order valence-electron chi connectivity index (χ0n) is 14.0. The molecule has 0 N–H and O–H groups in total. The summed E-state index contributed by atoms with van der Waals surface area (Å²) in [7, 11) is 0. The summed E-state index contributed by atoms with van der Waals surface area (Å²) in [6, 6.07) is 7.71. The van der Waals surface area contributed by atoms with E-state index < -0.39 is 5.97 Å². The molecule has 1 aliphatic rings. The highest BCUT2D eigenvalue weighted by Gasteiger charge is 2.22. The van der Waals surface area contributed by atoms with E-state index in [4.69, 9.17) is 9.47 Å². The minimum absolute atomic E-state index is 0.146. The molecule has 1 aromatic rings. The quantitative estimate of drug-likeness (QED) is 0.721. The second-order valence-corrected chi connectivity index (χ2v) is 5.18. The van der Waals surface area contributed by atoms with Crippen molar-refractivity contribution in [2.75, 3.05) is 19.8 Å². The maximum atomic E-state index is 11.8. The van der Waals surface area contributed by atoms with E-state index in [0.29, 0.717) is 19.4 Å². The Labute approximate surface area is 141 Å². The van der Waals surface area contributed by atoms with Gasteiger partial charge in [0.2, 0.25) is 5.91 Å². The lowest BCUT2D eigenvalue weighted by molar-refractivity contribution is -0.149. The Morgan fingerprint density at radius 1 is 1.17 bits per heavy atom. The number of hydrazone groups is 1. The number of hydrogen-bond acceptors (Lipinski definition) is 5. The summed E-state index contributed by atoms with van der Waals surface area (Å²) in [4.78, 5) is 23.3. The number of carbonyl (C=O) groups excluding carboxylic acids is 2. The highest BCUT2D eigenvalue weighted by Crippen LogP contribution is 2.15. The van der Waals surface area contributed by atoms with Crippen molar-refractivity contribution in [1.29, 1.82) is 0 Å². The molecule has 6 heteroatoms. The number of carbonyl (C=O) groups is 2. The first-order chi connectivity index (χ1) is 11.6. The minimum atomic E-state index is -0.452. The fraction of sp³-hybridized carbons (Fsp3) is 0.389. The molecule has 0 unspecified atom stereocenters. The van der Waals surface area contributed by atoms with Crippen LogP contribution in [0.25, 0.3) is 6.08 Å². The Hall–Kier alpha value is -2.63. The number of allylic oxidation sites excluding steroid dienone is 1. The summed E-state index contributed by atoms with van der Waals surface area (Å²) < 4.78 is 10.3. The highest BCUT2D eigenvalue weighted by molar-refractivity contribution is 6.02. The van der Waals surface area contributed by atoms with Crippen LogP contribution in [0.15, 0.2) is 35.4 Å². The number of ether oxygens (including phenoxy) is 2. The molecule has 0 saturated carbocycles. The molecule has 1 heterocycles. The third-order valence-corrected chi connectivity index (χ3v) is 3.38. The Morgan fingerprint density at radius 2 is 1.92 bits per heavy atom. The summed E-state index contributed by atoms with van der Waals surface area (Å²) in [5, 5.41) is 5.42. The van der Waals surface area contributed by atoms with E-state index in [-0.39, 0.29) is 19.1 Å². The number of hydrogen-bond donors (Lipinski definition) is 0. The molecule has 24 heavy (non-hydrogen) atoms. The van der Waals surface area contributed by atoms with Crippen LogP contribution in [0.2, 0.25) is 0 Å². The third kappa shape index (κ3) is 5.22. The van der Waals surface area contributed by atoms with Gasteiger partial charge in [0.1, 0.15) is 12.3 Å². The summed E-state index contributed by atoms with van der Waals surface area (Å²) in [6.07, 6.45) is 4.69. The van der Waals surface area contributed by atoms with E-state index >= 15 is 0 Å². The van der Waals surface area contributed by atoms with Crippen molar-refractivity contribution < 1.29 is 19.1 Å².